The van der Waals surface area contributed by atoms with Gasteiger partial charge in [0.2, 0.25) is 0 Å². The normalized spacial score (nSPS) is 13.9. The van der Waals surface area contributed by atoms with Gasteiger partial charge in [0.05, 0.1) is 29.8 Å². The molecule has 1 aliphatic heterocycles. The second-order valence-electron chi connectivity index (χ2n) is 8.53. The molecule has 1 N–H and O–H groups in total. The molecule has 196 valence electrons. The van der Waals surface area contributed by atoms with Crippen LogP contribution in [0.2, 0.25) is 10.0 Å². The smallest absolute Gasteiger partial charge is 0.262 e. The molecule has 1 saturated heterocycles. The number of carbonyl (C=O) groups is 1. The minimum atomic E-state index is -4.07. The van der Waals surface area contributed by atoms with E-state index < -0.39 is 10.0 Å². The summed E-state index contributed by atoms with van der Waals surface area (Å²) in [6.07, 6.45) is 0. The van der Waals surface area contributed by atoms with Crippen LogP contribution in [0.1, 0.15) is 15.9 Å². The van der Waals surface area contributed by atoms with E-state index in [2.05, 4.69) is 9.62 Å². The first-order chi connectivity index (χ1) is 17.6. The summed E-state index contributed by atoms with van der Waals surface area (Å²) < 4.78 is 39.7. The van der Waals surface area contributed by atoms with E-state index in [1.807, 2.05) is 24.3 Å². The fourth-order valence-electron chi connectivity index (χ4n) is 4.19. The Kier molecular flexibility index (Phi) is 8.06. The largest absolute Gasteiger partial charge is 0.495 e. The lowest BCUT2D eigenvalue weighted by Crippen LogP contribution is -2.48. The van der Waals surface area contributed by atoms with Crippen molar-refractivity contribution in [2.24, 2.45) is 0 Å². The molecule has 0 radical (unpaired) electrons. The Balaban J connectivity index is 1.53. The molecule has 1 amide bonds. The van der Waals surface area contributed by atoms with Crippen LogP contribution in [-0.4, -0.2) is 59.6 Å². The average molecular weight is 564 g/mol. The first kappa shape index (κ1) is 26.9. The SMILES string of the molecule is COc1cc(OC)c(NS(=O)(=O)c2cc(C(=O)N3CCN(c4cccc(Cl)c4)CC3)ccc2C)cc1Cl. The molecule has 0 aromatic heterocycles. The molecule has 0 spiro atoms. The third-order valence-corrected chi connectivity index (χ3v) is 8.22. The van der Waals surface area contributed by atoms with Gasteiger partial charge in [0, 0.05) is 48.5 Å². The van der Waals surface area contributed by atoms with E-state index in [1.165, 1.54) is 32.4 Å². The van der Waals surface area contributed by atoms with Crippen molar-refractivity contribution in [1.82, 2.24) is 4.90 Å². The quantitative estimate of drug-likeness (QED) is 0.431. The molecule has 8 nitrogen and oxygen atoms in total. The maximum atomic E-state index is 13.4. The molecule has 0 aliphatic carbocycles. The number of methoxy groups -OCH3 is 2. The van der Waals surface area contributed by atoms with Crippen molar-refractivity contribution >= 4 is 50.5 Å². The number of anilines is 2. The summed E-state index contributed by atoms with van der Waals surface area (Å²) in [6.45, 7) is 3.96. The minimum absolute atomic E-state index is 0.00935. The lowest BCUT2D eigenvalue weighted by atomic mass is 10.1. The van der Waals surface area contributed by atoms with Crippen LogP contribution in [0.5, 0.6) is 11.5 Å². The van der Waals surface area contributed by atoms with Gasteiger partial charge in [0.25, 0.3) is 15.9 Å². The number of carbonyl (C=O) groups excluding carboxylic acids is 1. The summed E-state index contributed by atoms with van der Waals surface area (Å²) in [5.74, 6) is 0.361. The molecular weight excluding hydrogens is 537 g/mol. The Morgan fingerprint density at radius 1 is 0.919 bits per heavy atom. The molecule has 37 heavy (non-hydrogen) atoms. The van der Waals surface area contributed by atoms with Crippen LogP contribution in [0.3, 0.4) is 0 Å². The van der Waals surface area contributed by atoms with Crippen molar-refractivity contribution in [3.63, 3.8) is 0 Å². The number of amides is 1. The number of aryl methyl sites for hydroxylation is 1. The third-order valence-electron chi connectivity index (χ3n) is 6.18. The van der Waals surface area contributed by atoms with E-state index in [0.29, 0.717) is 48.1 Å². The van der Waals surface area contributed by atoms with Crippen LogP contribution in [0.4, 0.5) is 11.4 Å². The highest BCUT2D eigenvalue weighted by molar-refractivity contribution is 7.92. The lowest BCUT2D eigenvalue weighted by molar-refractivity contribution is 0.0746. The monoisotopic (exact) mass is 563 g/mol. The Morgan fingerprint density at radius 3 is 2.27 bits per heavy atom. The van der Waals surface area contributed by atoms with Crippen molar-refractivity contribution in [3.8, 4) is 11.5 Å². The zero-order valence-corrected chi connectivity index (χ0v) is 23.0. The molecule has 1 heterocycles. The van der Waals surface area contributed by atoms with Gasteiger partial charge in [-0.3, -0.25) is 9.52 Å². The van der Waals surface area contributed by atoms with Crippen LogP contribution in [0, 0.1) is 6.92 Å². The highest BCUT2D eigenvalue weighted by Crippen LogP contribution is 2.37. The summed E-state index contributed by atoms with van der Waals surface area (Å²) >= 11 is 12.3. The topological polar surface area (TPSA) is 88.2 Å². The molecule has 1 fully saturated rings. The maximum absolute atomic E-state index is 13.4. The molecule has 0 atom stereocenters. The first-order valence-electron chi connectivity index (χ1n) is 11.5. The molecule has 4 rings (SSSR count). The Labute approximate surface area is 226 Å². The number of piperazine rings is 1. The summed E-state index contributed by atoms with van der Waals surface area (Å²) in [6, 6.07) is 15.2. The number of nitrogens with one attached hydrogen (secondary N) is 1. The van der Waals surface area contributed by atoms with E-state index in [4.69, 9.17) is 32.7 Å². The lowest BCUT2D eigenvalue weighted by Gasteiger charge is -2.36. The van der Waals surface area contributed by atoms with Crippen LogP contribution < -0.4 is 19.1 Å². The second kappa shape index (κ2) is 11.1. The van der Waals surface area contributed by atoms with E-state index in [9.17, 15) is 13.2 Å². The van der Waals surface area contributed by atoms with Crippen LogP contribution >= 0.6 is 23.2 Å². The van der Waals surface area contributed by atoms with Gasteiger partial charge in [-0.2, -0.15) is 0 Å². The Hall–Kier alpha value is -3.14. The molecule has 0 bridgehead atoms. The van der Waals surface area contributed by atoms with Gasteiger partial charge in [-0.1, -0.05) is 35.3 Å². The molecule has 3 aromatic rings. The number of nitrogens with zero attached hydrogens (tertiary/aromatic N) is 2. The second-order valence-corrected chi connectivity index (χ2v) is 11.0. The zero-order chi connectivity index (χ0) is 26.7. The number of benzene rings is 3. The van der Waals surface area contributed by atoms with E-state index in [1.54, 1.807) is 24.0 Å². The standard InChI is InChI=1S/C26H27Cl2N3O5S/c1-17-7-8-18(26(32)31-11-9-30(10-12-31)20-6-4-5-19(27)14-20)13-25(17)37(33,34)29-22-15-21(28)23(35-2)16-24(22)36-3/h4-8,13-16,29H,9-12H2,1-3H3. The van der Waals surface area contributed by atoms with E-state index in [0.717, 1.165) is 5.69 Å². The van der Waals surface area contributed by atoms with Crippen molar-refractivity contribution in [3.05, 3.63) is 75.8 Å². The van der Waals surface area contributed by atoms with Crippen LogP contribution in [0.25, 0.3) is 0 Å². The molecular formula is C26H27Cl2N3O5S. The average Bonchev–Trinajstić information content (AvgIpc) is 2.88. The van der Waals surface area contributed by atoms with Gasteiger partial charge >= 0.3 is 0 Å². The van der Waals surface area contributed by atoms with Crippen molar-refractivity contribution < 1.29 is 22.7 Å². The number of sulfonamides is 1. The highest BCUT2D eigenvalue weighted by Gasteiger charge is 2.26. The van der Waals surface area contributed by atoms with Gasteiger partial charge in [0.15, 0.2) is 0 Å². The van der Waals surface area contributed by atoms with Crippen molar-refractivity contribution in [2.45, 2.75) is 11.8 Å². The predicted octanol–water partition coefficient (Wildman–Crippen LogP) is 5.08. The first-order valence-corrected chi connectivity index (χ1v) is 13.7. The summed E-state index contributed by atoms with van der Waals surface area (Å²) in [7, 11) is -1.20. The van der Waals surface area contributed by atoms with Gasteiger partial charge in [-0.15, -0.1) is 0 Å². The summed E-state index contributed by atoms with van der Waals surface area (Å²) in [5, 5.41) is 0.881. The van der Waals surface area contributed by atoms with Gasteiger partial charge < -0.3 is 19.3 Å². The van der Waals surface area contributed by atoms with Crippen LogP contribution in [-0.2, 0) is 10.0 Å². The van der Waals surface area contributed by atoms with Gasteiger partial charge in [0.1, 0.15) is 11.5 Å². The summed E-state index contributed by atoms with van der Waals surface area (Å²) in [5.41, 5.74) is 1.94. The van der Waals surface area contributed by atoms with E-state index >= 15 is 0 Å². The number of ether oxygens (including phenoxy) is 2. The molecule has 11 heteroatoms. The third kappa shape index (κ3) is 5.89. The van der Waals surface area contributed by atoms with Crippen molar-refractivity contribution in [1.29, 1.82) is 0 Å². The van der Waals surface area contributed by atoms with Crippen molar-refractivity contribution in [2.75, 3.05) is 50.0 Å². The molecule has 0 saturated carbocycles. The fourth-order valence-corrected chi connectivity index (χ4v) is 5.94. The molecule has 3 aromatic carbocycles. The van der Waals surface area contributed by atoms with E-state index in [-0.39, 0.29) is 27.3 Å². The minimum Gasteiger partial charge on any atom is -0.495 e. The number of hydrogen-bond acceptors (Lipinski definition) is 6. The Bertz CT molecular complexity index is 1420. The predicted molar refractivity (Wildman–Crippen MR) is 146 cm³/mol. The maximum Gasteiger partial charge on any atom is 0.262 e. The number of rotatable bonds is 7. The molecule has 0 unspecified atom stereocenters. The Morgan fingerprint density at radius 2 is 1.62 bits per heavy atom. The fraction of sp³-hybridized carbons (Fsp3) is 0.269. The van der Waals surface area contributed by atoms with Gasteiger partial charge in [-0.05, 0) is 48.9 Å². The molecule has 1 aliphatic rings. The zero-order valence-electron chi connectivity index (χ0n) is 20.6. The summed E-state index contributed by atoms with van der Waals surface area (Å²) in [4.78, 5) is 17.2. The van der Waals surface area contributed by atoms with Crippen LogP contribution in [0.15, 0.2) is 59.5 Å². The number of hydrogen-bond donors (Lipinski definition) is 1. The highest BCUT2D eigenvalue weighted by atomic mass is 35.5. The number of halogens is 2. The van der Waals surface area contributed by atoms with Gasteiger partial charge in [-0.25, -0.2) is 8.42 Å².